The Morgan fingerprint density at radius 1 is 1.38 bits per heavy atom. The molecule has 2 rings (SSSR count). The van der Waals surface area contributed by atoms with E-state index in [1.54, 1.807) is 0 Å². The van der Waals surface area contributed by atoms with E-state index in [-0.39, 0.29) is 6.10 Å². The zero-order chi connectivity index (χ0) is 11.6. The Morgan fingerprint density at radius 3 is 2.62 bits per heavy atom. The number of ether oxygens (including phenoxy) is 1. The van der Waals surface area contributed by atoms with Gasteiger partial charge in [0.2, 0.25) is 0 Å². The van der Waals surface area contributed by atoms with Gasteiger partial charge in [-0.15, -0.1) is 0 Å². The first-order valence-corrected chi connectivity index (χ1v) is 6.07. The molecule has 1 aromatic rings. The van der Waals surface area contributed by atoms with Gasteiger partial charge in [0.05, 0.1) is 18.3 Å². The lowest BCUT2D eigenvalue weighted by molar-refractivity contribution is -0.101. The smallest absolute Gasteiger partial charge is 0.0943 e. The predicted molar refractivity (Wildman–Crippen MR) is 64.4 cm³/mol. The Kier molecular flexibility index (Phi) is 3.31. The average molecular weight is 220 g/mol. The molecule has 1 aliphatic rings. The van der Waals surface area contributed by atoms with Crippen LogP contribution in [-0.2, 0) is 16.8 Å². The second-order valence-corrected chi connectivity index (χ2v) is 4.72. The van der Waals surface area contributed by atoms with Crippen LogP contribution >= 0.6 is 0 Å². The molecule has 16 heavy (non-hydrogen) atoms. The third-order valence-electron chi connectivity index (χ3n) is 3.44. The Balaban J connectivity index is 2.20. The van der Waals surface area contributed by atoms with Crippen LogP contribution in [-0.4, -0.2) is 17.8 Å². The molecule has 1 aliphatic heterocycles. The number of aryl methyl sites for hydroxylation is 1. The van der Waals surface area contributed by atoms with E-state index in [0.717, 1.165) is 12.0 Å². The molecule has 0 aromatic heterocycles. The summed E-state index contributed by atoms with van der Waals surface area (Å²) in [6.07, 6.45) is 2.57. The van der Waals surface area contributed by atoms with Crippen LogP contribution in [0, 0.1) is 0 Å². The zero-order valence-corrected chi connectivity index (χ0v) is 10.1. The van der Waals surface area contributed by atoms with E-state index in [9.17, 15) is 5.11 Å². The van der Waals surface area contributed by atoms with Gasteiger partial charge in [0.15, 0.2) is 0 Å². The molecule has 0 spiro atoms. The van der Waals surface area contributed by atoms with Crippen molar-refractivity contribution in [3.8, 4) is 0 Å². The van der Waals surface area contributed by atoms with Gasteiger partial charge in [0.25, 0.3) is 0 Å². The fourth-order valence-corrected chi connectivity index (χ4v) is 2.38. The van der Waals surface area contributed by atoms with E-state index < -0.39 is 5.60 Å². The molecule has 88 valence electrons. The van der Waals surface area contributed by atoms with Gasteiger partial charge in [-0.3, -0.25) is 0 Å². The summed E-state index contributed by atoms with van der Waals surface area (Å²) in [4.78, 5) is 0. The van der Waals surface area contributed by atoms with Crippen LogP contribution in [0.25, 0.3) is 0 Å². The van der Waals surface area contributed by atoms with Crippen LogP contribution in [0.3, 0.4) is 0 Å². The molecule has 0 saturated carbocycles. The Bertz CT molecular complexity index is 344. The minimum atomic E-state index is -0.691. The molecule has 1 saturated heterocycles. The molecule has 0 amide bonds. The third-order valence-corrected chi connectivity index (χ3v) is 3.44. The van der Waals surface area contributed by atoms with Crippen LogP contribution in [0.1, 0.15) is 37.8 Å². The van der Waals surface area contributed by atoms with Crippen molar-refractivity contribution < 1.29 is 9.84 Å². The van der Waals surface area contributed by atoms with E-state index in [0.29, 0.717) is 19.4 Å². The summed E-state index contributed by atoms with van der Waals surface area (Å²) in [6.45, 7) is 4.80. The van der Waals surface area contributed by atoms with E-state index in [2.05, 4.69) is 31.2 Å². The van der Waals surface area contributed by atoms with Crippen LogP contribution in [0.4, 0.5) is 0 Å². The quantitative estimate of drug-likeness (QED) is 0.830. The molecular formula is C14H20O2. The largest absolute Gasteiger partial charge is 0.385 e. The Labute approximate surface area is 97.3 Å². The molecule has 1 heterocycles. The SMILES string of the molecule is CCc1ccc(C2(O)CCOC(C)C2)cc1. The number of rotatable bonds is 2. The highest BCUT2D eigenvalue weighted by Gasteiger charge is 2.34. The lowest BCUT2D eigenvalue weighted by atomic mass is 9.84. The standard InChI is InChI=1S/C14H20O2/c1-3-12-4-6-13(7-5-12)14(15)8-9-16-11(2)10-14/h4-7,11,15H,3,8-10H2,1-2H3. The topological polar surface area (TPSA) is 29.5 Å². The van der Waals surface area contributed by atoms with Crippen molar-refractivity contribution in [2.45, 2.75) is 44.8 Å². The van der Waals surface area contributed by atoms with Crippen LogP contribution in [0.2, 0.25) is 0 Å². The first-order chi connectivity index (χ1) is 7.64. The average Bonchev–Trinajstić information content (AvgIpc) is 2.29. The summed E-state index contributed by atoms with van der Waals surface area (Å²) in [7, 11) is 0. The Hall–Kier alpha value is -0.860. The minimum Gasteiger partial charge on any atom is -0.385 e. The summed E-state index contributed by atoms with van der Waals surface area (Å²) < 4.78 is 5.48. The maximum absolute atomic E-state index is 10.6. The summed E-state index contributed by atoms with van der Waals surface area (Å²) in [6, 6.07) is 8.31. The summed E-state index contributed by atoms with van der Waals surface area (Å²) in [5.41, 5.74) is 1.65. The van der Waals surface area contributed by atoms with E-state index in [4.69, 9.17) is 4.74 Å². The van der Waals surface area contributed by atoms with Gasteiger partial charge >= 0.3 is 0 Å². The van der Waals surface area contributed by atoms with Crippen molar-refractivity contribution in [3.05, 3.63) is 35.4 Å². The first-order valence-electron chi connectivity index (χ1n) is 6.07. The molecule has 1 fully saturated rings. The van der Waals surface area contributed by atoms with Gasteiger partial charge in [0, 0.05) is 12.8 Å². The molecule has 2 atom stereocenters. The highest BCUT2D eigenvalue weighted by atomic mass is 16.5. The van der Waals surface area contributed by atoms with Crippen LogP contribution in [0.15, 0.2) is 24.3 Å². The van der Waals surface area contributed by atoms with Gasteiger partial charge in [0.1, 0.15) is 0 Å². The Morgan fingerprint density at radius 2 is 2.06 bits per heavy atom. The molecule has 0 bridgehead atoms. The maximum atomic E-state index is 10.6. The van der Waals surface area contributed by atoms with Crippen molar-refractivity contribution in [2.75, 3.05) is 6.61 Å². The number of hydrogen-bond donors (Lipinski definition) is 1. The first kappa shape index (κ1) is 11.6. The van der Waals surface area contributed by atoms with E-state index >= 15 is 0 Å². The van der Waals surface area contributed by atoms with Gasteiger partial charge < -0.3 is 9.84 Å². The second-order valence-electron chi connectivity index (χ2n) is 4.72. The summed E-state index contributed by atoms with van der Waals surface area (Å²) >= 11 is 0. The molecule has 1 aromatic carbocycles. The number of hydrogen-bond acceptors (Lipinski definition) is 2. The highest BCUT2D eigenvalue weighted by Crippen LogP contribution is 2.34. The van der Waals surface area contributed by atoms with E-state index in [1.165, 1.54) is 5.56 Å². The van der Waals surface area contributed by atoms with Gasteiger partial charge in [-0.05, 0) is 24.5 Å². The predicted octanol–water partition coefficient (Wildman–Crippen LogP) is 2.64. The molecular weight excluding hydrogens is 200 g/mol. The van der Waals surface area contributed by atoms with Crippen molar-refractivity contribution in [2.24, 2.45) is 0 Å². The molecule has 2 heteroatoms. The molecule has 2 nitrogen and oxygen atoms in total. The van der Waals surface area contributed by atoms with Gasteiger partial charge in [-0.2, -0.15) is 0 Å². The third kappa shape index (κ3) is 2.28. The zero-order valence-electron chi connectivity index (χ0n) is 10.1. The van der Waals surface area contributed by atoms with Crippen LogP contribution in [0.5, 0.6) is 0 Å². The lowest BCUT2D eigenvalue weighted by Gasteiger charge is -2.36. The number of aliphatic hydroxyl groups is 1. The molecule has 1 N–H and O–H groups in total. The fourth-order valence-electron chi connectivity index (χ4n) is 2.38. The van der Waals surface area contributed by atoms with Crippen molar-refractivity contribution >= 4 is 0 Å². The lowest BCUT2D eigenvalue weighted by Crippen LogP contribution is -2.37. The van der Waals surface area contributed by atoms with Crippen LogP contribution < -0.4 is 0 Å². The minimum absolute atomic E-state index is 0.143. The maximum Gasteiger partial charge on any atom is 0.0943 e. The normalized spacial score (nSPS) is 30.3. The second kappa shape index (κ2) is 4.56. The van der Waals surface area contributed by atoms with Gasteiger partial charge in [-0.25, -0.2) is 0 Å². The summed E-state index contributed by atoms with van der Waals surface area (Å²) in [5, 5.41) is 10.6. The molecule has 2 unspecified atom stereocenters. The monoisotopic (exact) mass is 220 g/mol. The fraction of sp³-hybridized carbons (Fsp3) is 0.571. The molecule has 0 radical (unpaired) electrons. The van der Waals surface area contributed by atoms with E-state index in [1.807, 2.05) is 6.92 Å². The van der Waals surface area contributed by atoms with Gasteiger partial charge in [-0.1, -0.05) is 31.2 Å². The van der Waals surface area contributed by atoms with Crippen molar-refractivity contribution in [1.29, 1.82) is 0 Å². The number of benzene rings is 1. The van der Waals surface area contributed by atoms with Crippen molar-refractivity contribution in [3.63, 3.8) is 0 Å². The highest BCUT2D eigenvalue weighted by molar-refractivity contribution is 5.27. The molecule has 0 aliphatic carbocycles. The van der Waals surface area contributed by atoms with Crippen molar-refractivity contribution in [1.82, 2.24) is 0 Å². The summed E-state index contributed by atoms with van der Waals surface area (Å²) in [5.74, 6) is 0.